The van der Waals surface area contributed by atoms with Gasteiger partial charge in [-0.15, -0.1) is 0 Å². The number of nitrogens with one attached hydrogen (secondary N) is 1. The number of fused-ring (bicyclic) bond motifs is 1. The molecule has 0 fully saturated rings. The Balaban J connectivity index is 1.39. The first-order chi connectivity index (χ1) is 16.4. The first-order valence-electron chi connectivity index (χ1n) is 10.8. The first kappa shape index (κ1) is 23.5. The highest BCUT2D eigenvalue weighted by Gasteiger charge is 2.23. The predicted octanol–water partition coefficient (Wildman–Crippen LogP) is 4.10. The Morgan fingerprint density at radius 1 is 0.971 bits per heavy atom. The lowest BCUT2D eigenvalue weighted by Crippen LogP contribution is -2.26. The standard InChI is InChI=1S/C25H24N2O6S/c28-25(29)19-10-4-7-13-23(19)34(30,31)17-16-26-15-14-22(32-18-8-2-1-3-9-18)24-27-20-11-5-6-12-21(20)33-24/h1-13,22,26H,14-17H2,(H,28,29). The van der Waals surface area contributed by atoms with Crippen LogP contribution in [0.15, 0.2) is 88.2 Å². The van der Waals surface area contributed by atoms with Crippen molar-refractivity contribution in [3.63, 3.8) is 0 Å². The van der Waals surface area contributed by atoms with Crippen LogP contribution in [0.25, 0.3) is 11.1 Å². The van der Waals surface area contributed by atoms with Crippen LogP contribution in [0.4, 0.5) is 0 Å². The first-order valence-corrected chi connectivity index (χ1v) is 12.4. The summed E-state index contributed by atoms with van der Waals surface area (Å²) in [6, 6.07) is 22.4. The van der Waals surface area contributed by atoms with E-state index in [1.807, 2.05) is 54.6 Å². The van der Waals surface area contributed by atoms with E-state index in [0.717, 1.165) is 5.52 Å². The minimum atomic E-state index is -3.76. The molecular formula is C25H24N2O6S. The highest BCUT2D eigenvalue weighted by molar-refractivity contribution is 7.91. The lowest BCUT2D eigenvalue weighted by Gasteiger charge is -2.16. The van der Waals surface area contributed by atoms with Crippen LogP contribution in [0.1, 0.15) is 28.8 Å². The Morgan fingerprint density at radius 3 is 2.44 bits per heavy atom. The third kappa shape index (κ3) is 5.62. The molecule has 0 aliphatic heterocycles. The zero-order valence-corrected chi connectivity index (χ0v) is 19.1. The summed E-state index contributed by atoms with van der Waals surface area (Å²) < 4.78 is 37.3. The zero-order chi connectivity index (χ0) is 24.0. The molecule has 0 bridgehead atoms. The van der Waals surface area contributed by atoms with Gasteiger partial charge < -0.3 is 19.6 Å². The smallest absolute Gasteiger partial charge is 0.337 e. The van der Waals surface area contributed by atoms with E-state index in [2.05, 4.69) is 10.3 Å². The van der Waals surface area contributed by atoms with Crippen LogP contribution in [0.3, 0.4) is 0 Å². The number of benzene rings is 3. The van der Waals surface area contributed by atoms with E-state index in [-0.39, 0.29) is 22.8 Å². The van der Waals surface area contributed by atoms with Gasteiger partial charge in [-0.05, 0) is 42.9 Å². The number of rotatable bonds is 11. The molecule has 176 valence electrons. The number of ether oxygens (including phenoxy) is 1. The second-order valence-electron chi connectivity index (χ2n) is 7.60. The van der Waals surface area contributed by atoms with Crippen molar-refractivity contribution in [2.75, 3.05) is 18.8 Å². The highest BCUT2D eigenvalue weighted by atomic mass is 32.2. The van der Waals surface area contributed by atoms with Crippen molar-refractivity contribution in [3.05, 3.63) is 90.3 Å². The number of hydrogen-bond acceptors (Lipinski definition) is 7. The van der Waals surface area contributed by atoms with Crippen molar-refractivity contribution >= 4 is 26.9 Å². The fourth-order valence-corrected chi connectivity index (χ4v) is 4.92. The van der Waals surface area contributed by atoms with E-state index in [4.69, 9.17) is 9.15 Å². The van der Waals surface area contributed by atoms with E-state index >= 15 is 0 Å². The number of sulfone groups is 1. The molecule has 0 aliphatic carbocycles. The number of nitrogens with zero attached hydrogens (tertiary/aromatic N) is 1. The van der Waals surface area contributed by atoms with Gasteiger partial charge in [0.15, 0.2) is 21.5 Å². The quantitative estimate of drug-likeness (QED) is 0.308. The maximum Gasteiger partial charge on any atom is 0.337 e. The van der Waals surface area contributed by atoms with E-state index < -0.39 is 21.9 Å². The third-order valence-corrected chi connectivity index (χ3v) is 6.96. The molecule has 4 aromatic rings. The number of oxazole rings is 1. The van der Waals surface area contributed by atoms with E-state index in [1.54, 1.807) is 0 Å². The summed E-state index contributed by atoms with van der Waals surface area (Å²) >= 11 is 0. The molecule has 1 heterocycles. The van der Waals surface area contributed by atoms with Crippen molar-refractivity contribution in [1.29, 1.82) is 0 Å². The van der Waals surface area contributed by atoms with Crippen LogP contribution in [0.2, 0.25) is 0 Å². The van der Waals surface area contributed by atoms with Crippen LogP contribution in [-0.4, -0.2) is 43.3 Å². The normalized spacial score (nSPS) is 12.5. The van der Waals surface area contributed by atoms with Crippen LogP contribution < -0.4 is 10.1 Å². The van der Waals surface area contributed by atoms with Gasteiger partial charge in [0, 0.05) is 13.0 Å². The van der Waals surface area contributed by atoms with Crippen LogP contribution in [0.5, 0.6) is 5.75 Å². The summed E-state index contributed by atoms with van der Waals surface area (Å²) in [5, 5.41) is 12.4. The molecule has 2 N–H and O–H groups in total. The number of carbonyl (C=O) groups is 1. The van der Waals surface area contributed by atoms with Crippen molar-refractivity contribution < 1.29 is 27.5 Å². The van der Waals surface area contributed by atoms with Crippen LogP contribution in [-0.2, 0) is 9.84 Å². The van der Waals surface area contributed by atoms with Crippen molar-refractivity contribution in [2.45, 2.75) is 17.4 Å². The van der Waals surface area contributed by atoms with Crippen molar-refractivity contribution in [1.82, 2.24) is 10.3 Å². The molecule has 0 saturated heterocycles. The maximum atomic E-state index is 12.7. The molecule has 1 aromatic heterocycles. The number of hydrogen-bond donors (Lipinski definition) is 2. The Hall–Kier alpha value is -3.69. The molecular weight excluding hydrogens is 456 g/mol. The molecule has 1 unspecified atom stereocenters. The van der Waals surface area contributed by atoms with Gasteiger partial charge in [-0.3, -0.25) is 0 Å². The Morgan fingerprint density at radius 2 is 1.68 bits per heavy atom. The average Bonchev–Trinajstić information content (AvgIpc) is 3.28. The molecule has 34 heavy (non-hydrogen) atoms. The summed E-state index contributed by atoms with van der Waals surface area (Å²) in [5.41, 5.74) is 1.17. The van der Waals surface area contributed by atoms with Crippen molar-refractivity contribution in [2.24, 2.45) is 0 Å². The molecule has 0 radical (unpaired) electrons. The fraction of sp³-hybridized carbons (Fsp3) is 0.200. The molecule has 0 aliphatic rings. The molecule has 0 amide bonds. The highest BCUT2D eigenvalue weighted by Crippen LogP contribution is 2.27. The second kappa shape index (κ2) is 10.5. The van der Waals surface area contributed by atoms with Crippen molar-refractivity contribution in [3.8, 4) is 5.75 Å². The van der Waals surface area contributed by atoms with Gasteiger partial charge in [0.25, 0.3) is 0 Å². The number of carboxylic acids is 1. The minimum Gasteiger partial charge on any atom is -0.481 e. The molecule has 3 aromatic carbocycles. The molecule has 8 nitrogen and oxygen atoms in total. The van der Waals surface area contributed by atoms with Gasteiger partial charge in [0.1, 0.15) is 11.3 Å². The summed E-state index contributed by atoms with van der Waals surface area (Å²) in [6.07, 6.45) is -0.000320. The summed E-state index contributed by atoms with van der Waals surface area (Å²) in [4.78, 5) is 15.7. The van der Waals surface area contributed by atoms with Gasteiger partial charge in [0.05, 0.1) is 16.2 Å². The van der Waals surface area contributed by atoms with Gasteiger partial charge in [-0.1, -0.05) is 42.5 Å². The van der Waals surface area contributed by atoms with E-state index in [9.17, 15) is 18.3 Å². The molecule has 0 saturated carbocycles. The summed E-state index contributed by atoms with van der Waals surface area (Å²) in [7, 11) is -3.76. The van der Waals surface area contributed by atoms with Crippen LogP contribution >= 0.6 is 0 Å². The predicted molar refractivity (Wildman–Crippen MR) is 127 cm³/mol. The Bertz CT molecular complexity index is 1340. The number of aromatic nitrogens is 1. The Labute approximate surface area is 197 Å². The largest absolute Gasteiger partial charge is 0.481 e. The monoisotopic (exact) mass is 480 g/mol. The number of aromatic carboxylic acids is 1. The number of para-hydroxylation sites is 3. The topological polar surface area (TPSA) is 119 Å². The minimum absolute atomic E-state index is 0.155. The van der Waals surface area contributed by atoms with E-state index in [1.165, 1.54) is 24.3 Å². The Kier molecular flexibility index (Phi) is 7.24. The van der Waals surface area contributed by atoms with Gasteiger partial charge in [0.2, 0.25) is 5.89 Å². The number of carboxylic acid groups (broad SMARTS) is 1. The molecule has 1 atom stereocenters. The second-order valence-corrected chi connectivity index (χ2v) is 9.68. The lowest BCUT2D eigenvalue weighted by molar-refractivity contribution is 0.0692. The van der Waals surface area contributed by atoms with E-state index in [0.29, 0.717) is 30.2 Å². The average molecular weight is 481 g/mol. The lowest BCUT2D eigenvalue weighted by atomic mass is 10.2. The van der Waals surface area contributed by atoms with Gasteiger partial charge in [-0.25, -0.2) is 18.2 Å². The molecule has 9 heteroatoms. The fourth-order valence-electron chi connectivity index (χ4n) is 3.51. The summed E-state index contributed by atoms with van der Waals surface area (Å²) in [5.74, 6) is -0.395. The van der Waals surface area contributed by atoms with Gasteiger partial charge >= 0.3 is 5.97 Å². The SMILES string of the molecule is O=C(O)c1ccccc1S(=O)(=O)CCNCCC(Oc1ccccc1)c1nc2ccccc2o1. The zero-order valence-electron chi connectivity index (χ0n) is 18.3. The maximum absolute atomic E-state index is 12.7. The van der Waals surface area contributed by atoms with Gasteiger partial charge in [-0.2, -0.15) is 0 Å². The molecule has 4 rings (SSSR count). The van der Waals surface area contributed by atoms with Crippen LogP contribution in [0, 0.1) is 0 Å². The third-order valence-electron chi connectivity index (χ3n) is 5.19. The summed E-state index contributed by atoms with van der Waals surface area (Å²) in [6.45, 7) is 0.591. The molecule has 0 spiro atoms.